The number of piperidine rings is 1. The van der Waals surface area contributed by atoms with Crippen LogP contribution in [-0.2, 0) is 11.2 Å². The maximum Gasteiger partial charge on any atom is 0.136 e. The molecule has 90 valence electrons. The number of carbonyl (C=O) groups is 1. The topological polar surface area (TPSA) is 29.5 Å². The lowest BCUT2D eigenvalue weighted by molar-refractivity contribution is -0.123. The monoisotopic (exact) mass is 231 g/mol. The van der Waals surface area contributed by atoms with Crippen molar-refractivity contribution < 1.29 is 9.53 Å². The molecular weight excluding hydrogens is 214 g/mol. The van der Waals surface area contributed by atoms with Crippen LogP contribution in [0.3, 0.4) is 0 Å². The van der Waals surface area contributed by atoms with Gasteiger partial charge in [0.2, 0.25) is 0 Å². The Labute approximate surface area is 101 Å². The van der Waals surface area contributed by atoms with E-state index in [4.69, 9.17) is 4.74 Å². The van der Waals surface area contributed by atoms with Crippen LogP contribution in [0.2, 0.25) is 0 Å². The zero-order valence-electron chi connectivity index (χ0n) is 10.1. The van der Waals surface area contributed by atoms with E-state index in [-0.39, 0.29) is 0 Å². The number of ether oxygens (including phenoxy) is 1. The van der Waals surface area contributed by atoms with Crippen molar-refractivity contribution >= 4 is 5.78 Å². The summed E-state index contributed by atoms with van der Waals surface area (Å²) in [6.45, 7) is 1.99. The minimum atomic E-state index is 0.311. The first-order valence-corrected chi connectivity index (χ1v) is 6.20. The maximum absolute atomic E-state index is 11.6. The van der Waals surface area contributed by atoms with E-state index in [9.17, 15) is 4.79 Å². The van der Waals surface area contributed by atoms with Gasteiger partial charge in [-0.15, -0.1) is 0 Å². The summed E-state index contributed by atoms with van der Waals surface area (Å²) in [6.07, 6.45) is 2.47. The minimum absolute atomic E-state index is 0.311. The first kappa shape index (κ1) is 10.8. The lowest BCUT2D eigenvalue weighted by Crippen LogP contribution is -2.41. The van der Waals surface area contributed by atoms with Crippen LogP contribution in [0.25, 0.3) is 0 Å². The molecule has 0 amide bonds. The molecule has 3 rings (SSSR count). The summed E-state index contributed by atoms with van der Waals surface area (Å²) < 4.78 is 5.26. The molecular formula is C14H17NO2. The Morgan fingerprint density at radius 3 is 2.94 bits per heavy atom. The number of methoxy groups -OCH3 is 1. The second-order valence-corrected chi connectivity index (χ2v) is 4.86. The Hall–Kier alpha value is -1.35. The fraction of sp³-hybridized carbons (Fsp3) is 0.500. The third kappa shape index (κ3) is 1.84. The Balaban J connectivity index is 1.97. The standard InChI is InChI=1S/C14H17NO2/c1-17-12-2-3-13-10(8-12)4-6-15-7-5-11(16)9-14(13)15/h2-3,8,14H,4-7,9H2,1H3. The molecule has 3 heteroatoms. The predicted molar refractivity (Wildman–Crippen MR) is 65.3 cm³/mol. The molecule has 2 aliphatic heterocycles. The zero-order chi connectivity index (χ0) is 11.8. The summed E-state index contributed by atoms with van der Waals surface area (Å²) >= 11 is 0. The average molecular weight is 231 g/mol. The second-order valence-electron chi connectivity index (χ2n) is 4.86. The van der Waals surface area contributed by atoms with Crippen molar-refractivity contribution in [3.05, 3.63) is 29.3 Å². The number of carbonyl (C=O) groups excluding carboxylic acids is 1. The van der Waals surface area contributed by atoms with Crippen molar-refractivity contribution in [2.45, 2.75) is 25.3 Å². The van der Waals surface area contributed by atoms with Crippen LogP contribution in [0.1, 0.15) is 30.0 Å². The van der Waals surface area contributed by atoms with Crippen LogP contribution in [0, 0.1) is 0 Å². The summed E-state index contributed by atoms with van der Waals surface area (Å²) in [5.41, 5.74) is 2.67. The largest absolute Gasteiger partial charge is 0.497 e. The molecule has 17 heavy (non-hydrogen) atoms. The fourth-order valence-corrected chi connectivity index (χ4v) is 2.96. The maximum atomic E-state index is 11.6. The van der Waals surface area contributed by atoms with Crippen molar-refractivity contribution in [2.24, 2.45) is 0 Å². The van der Waals surface area contributed by atoms with Crippen molar-refractivity contribution in [3.63, 3.8) is 0 Å². The Kier molecular flexibility index (Phi) is 2.63. The highest BCUT2D eigenvalue weighted by Gasteiger charge is 2.32. The number of Topliss-reactive ketones (excluding diaryl/α,β-unsaturated/α-hetero) is 1. The van der Waals surface area contributed by atoms with Crippen LogP contribution >= 0.6 is 0 Å². The summed E-state index contributed by atoms with van der Waals surface area (Å²) in [7, 11) is 1.70. The van der Waals surface area contributed by atoms with E-state index in [1.165, 1.54) is 11.1 Å². The van der Waals surface area contributed by atoms with Gasteiger partial charge in [-0.3, -0.25) is 9.69 Å². The van der Waals surface area contributed by atoms with E-state index in [1.807, 2.05) is 6.07 Å². The quantitative estimate of drug-likeness (QED) is 0.740. The molecule has 1 atom stereocenters. The van der Waals surface area contributed by atoms with Gasteiger partial charge in [0.1, 0.15) is 11.5 Å². The van der Waals surface area contributed by atoms with E-state index in [2.05, 4.69) is 17.0 Å². The molecule has 1 aromatic rings. The van der Waals surface area contributed by atoms with Gasteiger partial charge in [0.15, 0.2) is 0 Å². The van der Waals surface area contributed by atoms with Gasteiger partial charge < -0.3 is 4.74 Å². The summed E-state index contributed by atoms with van der Waals surface area (Å²) in [4.78, 5) is 14.0. The van der Waals surface area contributed by atoms with Crippen molar-refractivity contribution in [1.82, 2.24) is 4.90 Å². The van der Waals surface area contributed by atoms with Crippen LogP contribution in [0.4, 0.5) is 0 Å². The summed E-state index contributed by atoms with van der Waals surface area (Å²) in [6, 6.07) is 6.56. The van der Waals surface area contributed by atoms with E-state index in [0.717, 1.165) is 31.7 Å². The number of fused-ring (bicyclic) bond motifs is 3. The molecule has 2 aliphatic rings. The number of rotatable bonds is 1. The molecule has 0 aromatic heterocycles. The van der Waals surface area contributed by atoms with E-state index < -0.39 is 0 Å². The molecule has 2 heterocycles. The van der Waals surface area contributed by atoms with Gasteiger partial charge >= 0.3 is 0 Å². The first-order valence-electron chi connectivity index (χ1n) is 6.20. The number of nitrogens with zero attached hydrogens (tertiary/aromatic N) is 1. The summed E-state index contributed by atoms with van der Waals surface area (Å²) in [5, 5.41) is 0. The summed E-state index contributed by atoms with van der Waals surface area (Å²) in [5.74, 6) is 1.31. The van der Waals surface area contributed by atoms with Gasteiger partial charge in [0, 0.05) is 32.0 Å². The third-order valence-electron chi connectivity index (χ3n) is 3.92. The zero-order valence-corrected chi connectivity index (χ0v) is 10.1. The van der Waals surface area contributed by atoms with Crippen LogP contribution in [0.5, 0.6) is 5.75 Å². The lowest BCUT2D eigenvalue weighted by Gasteiger charge is -2.40. The second kappa shape index (κ2) is 4.15. The first-order chi connectivity index (χ1) is 8.28. The van der Waals surface area contributed by atoms with Gasteiger partial charge in [-0.05, 0) is 29.7 Å². The molecule has 1 unspecified atom stereocenters. The van der Waals surface area contributed by atoms with E-state index in [1.54, 1.807) is 7.11 Å². The average Bonchev–Trinajstić information content (AvgIpc) is 2.37. The molecule has 1 saturated heterocycles. The highest BCUT2D eigenvalue weighted by atomic mass is 16.5. The van der Waals surface area contributed by atoms with E-state index >= 15 is 0 Å². The molecule has 0 N–H and O–H groups in total. The molecule has 0 radical (unpaired) electrons. The Morgan fingerprint density at radius 2 is 2.12 bits per heavy atom. The highest BCUT2D eigenvalue weighted by molar-refractivity contribution is 5.80. The fourth-order valence-electron chi connectivity index (χ4n) is 2.96. The third-order valence-corrected chi connectivity index (χ3v) is 3.92. The molecule has 0 bridgehead atoms. The SMILES string of the molecule is COc1ccc2c(c1)CCN1CCC(=O)CC21. The molecule has 0 saturated carbocycles. The van der Waals surface area contributed by atoms with Crippen LogP contribution < -0.4 is 4.74 Å². The van der Waals surface area contributed by atoms with Crippen molar-refractivity contribution in [1.29, 1.82) is 0 Å². The molecule has 0 aliphatic carbocycles. The number of hydrogen-bond donors (Lipinski definition) is 0. The van der Waals surface area contributed by atoms with Gasteiger partial charge in [-0.25, -0.2) is 0 Å². The predicted octanol–water partition coefficient (Wildman–Crippen LogP) is 1.96. The molecule has 1 fully saturated rings. The smallest absolute Gasteiger partial charge is 0.136 e. The Bertz CT molecular complexity index is 456. The van der Waals surface area contributed by atoms with Gasteiger partial charge in [-0.1, -0.05) is 6.07 Å². The minimum Gasteiger partial charge on any atom is -0.497 e. The molecule has 1 aromatic carbocycles. The van der Waals surface area contributed by atoms with Crippen LogP contribution in [0.15, 0.2) is 18.2 Å². The molecule has 0 spiro atoms. The molecule has 3 nitrogen and oxygen atoms in total. The normalized spacial score (nSPS) is 24.1. The van der Waals surface area contributed by atoms with E-state index in [0.29, 0.717) is 18.2 Å². The number of ketones is 1. The Morgan fingerprint density at radius 1 is 1.29 bits per heavy atom. The van der Waals surface area contributed by atoms with Gasteiger partial charge in [-0.2, -0.15) is 0 Å². The van der Waals surface area contributed by atoms with Gasteiger partial charge in [0.25, 0.3) is 0 Å². The number of benzene rings is 1. The number of hydrogen-bond acceptors (Lipinski definition) is 3. The van der Waals surface area contributed by atoms with Crippen molar-refractivity contribution in [3.8, 4) is 5.75 Å². The lowest BCUT2D eigenvalue weighted by atomic mass is 9.86. The van der Waals surface area contributed by atoms with Crippen molar-refractivity contribution in [2.75, 3.05) is 20.2 Å². The van der Waals surface area contributed by atoms with Gasteiger partial charge in [0.05, 0.1) is 7.11 Å². The van der Waals surface area contributed by atoms with Crippen LogP contribution in [-0.4, -0.2) is 30.9 Å². The highest BCUT2D eigenvalue weighted by Crippen LogP contribution is 2.36.